The van der Waals surface area contributed by atoms with Gasteiger partial charge in [0.1, 0.15) is 29.1 Å². The molecule has 0 radical (unpaired) electrons. The van der Waals surface area contributed by atoms with E-state index in [2.05, 4.69) is 16.4 Å². The number of para-hydroxylation sites is 2. The highest BCUT2D eigenvalue weighted by molar-refractivity contribution is 6.11. The molecule has 8 rings (SSSR count). The van der Waals surface area contributed by atoms with Crippen LogP contribution in [-0.4, -0.2) is 40.7 Å². The van der Waals surface area contributed by atoms with Crippen molar-refractivity contribution in [3.05, 3.63) is 131 Å². The molecule has 0 atom stereocenters. The Morgan fingerprint density at radius 2 is 1.08 bits per heavy atom. The van der Waals surface area contributed by atoms with Gasteiger partial charge in [-0.3, -0.25) is 0 Å². The summed E-state index contributed by atoms with van der Waals surface area (Å²) in [6, 6.07) is 31.0. The molecule has 3 N–H and O–H groups in total. The van der Waals surface area contributed by atoms with Crippen molar-refractivity contribution < 1.29 is 29.2 Å². The predicted molar refractivity (Wildman–Crippen MR) is 191 cm³/mol. The Labute approximate surface area is 291 Å². The van der Waals surface area contributed by atoms with E-state index >= 15 is 0 Å². The SMILES string of the molecule is Cc1noc(C)c1-c1c(C#N)c2ccccc2n1-c1ccc(O)cc1.Cc1noc(C)c1-c1c(C(=O)O)c2ccccc2n1-c1ccc(O)cc1. The summed E-state index contributed by atoms with van der Waals surface area (Å²) in [7, 11) is 0. The second kappa shape index (κ2) is 12.8. The number of carbonyl (C=O) groups is 1. The van der Waals surface area contributed by atoms with Crippen LogP contribution in [0.2, 0.25) is 0 Å². The lowest BCUT2D eigenvalue weighted by Gasteiger charge is -2.12. The molecule has 11 heteroatoms. The van der Waals surface area contributed by atoms with Crippen molar-refractivity contribution in [2.24, 2.45) is 0 Å². The molecule has 0 aliphatic heterocycles. The Kier molecular flexibility index (Phi) is 8.13. The molecule has 0 saturated heterocycles. The Hall–Kier alpha value is -7.06. The van der Waals surface area contributed by atoms with Crippen molar-refractivity contribution in [3.63, 3.8) is 0 Å². The maximum absolute atomic E-state index is 12.1. The van der Waals surface area contributed by atoms with E-state index in [1.165, 1.54) is 0 Å². The number of aryl methyl sites for hydroxylation is 4. The Morgan fingerprint density at radius 1 is 0.647 bits per heavy atom. The van der Waals surface area contributed by atoms with Gasteiger partial charge in [0, 0.05) is 22.1 Å². The van der Waals surface area contributed by atoms with Crippen LogP contribution in [0, 0.1) is 39.0 Å². The number of aromatic carboxylic acids is 1. The number of carboxylic acid groups (broad SMARTS) is 1. The van der Waals surface area contributed by atoms with Crippen LogP contribution < -0.4 is 0 Å². The van der Waals surface area contributed by atoms with E-state index in [9.17, 15) is 25.4 Å². The summed E-state index contributed by atoms with van der Waals surface area (Å²) in [5.41, 5.74) is 8.14. The highest BCUT2D eigenvalue weighted by Gasteiger charge is 2.28. The van der Waals surface area contributed by atoms with Crippen LogP contribution in [0.4, 0.5) is 0 Å². The van der Waals surface area contributed by atoms with Gasteiger partial charge in [-0.15, -0.1) is 0 Å². The average Bonchev–Trinajstić information content (AvgIpc) is 3.85. The van der Waals surface area contributed by atoms with E-state index < -0.39 is 5.97 Å². The van der Waals surface area contributed by atoms with E-state index in [1.807, 2.05) is 77.6 Å². The zero-order valence-electron chi connectivity index (χ0n) is 28.0. The van der Waals surface area contributed by atoms with Gasteiger partial charge in [0.15, 0.2) is 0 Å². The Morgan fingerprint density at radius 3 is 1.53 bits per heavy atom. The third-order valence-corrected chi connectivity index (χ3v) is 8.83. The number of hydrogen-bond acceptors (Lipinski definition) is 8. The number of aromatic hydroxyl groups is 2. The molecule has 4 aromatic carbocycles. The zero-order valence-corrected chi connectivity index (χ0v) is 28.0. The normalized spacial score (nSPS) is 11.0. The van der Waals surface area contributed by atoms with Crippen molar-refractivity contribution >= 4 is 27.8 Å². The molecular weight excluding hydrogens is 646 g/mol. The summed E-state index contributed by atoms with van der Waals surface area (Å²) in [5.74, 6) is 0.528. The first-order valence-electron chi connectivity index (χ1n) is 16.0. The molecule has 0 aliphatic carbocycles. The maximum atomic E-state index is 12.1. The van der Waals surface area contributed by atoms with E-state index in [1.54, 1.807) is 56.3 Å². The molecule has 11 nitrogen and oxygen atoms in total. The predicted octanol–water partition coefficient (Wildman–Crippen LogP) is 8.79. The Bertz CT molecular complexity index is 2590. The van der Waals surface area contributed by atoms with Gasteiger partial charge in [0.05, 0.1) is 56.1 Å². The third kappa shape index (κ3) is 5.45. The minimum atomic E-state index is -1.02. The lowest BCUT2D eigenvalue weighted by atomic mass is 10.0. The number of nitriles is 1. The number of benzene rings is 4. The average molecular weight is 678 g/mol. The fraction of sp³-hybridized carbons (Fsp3) is 0.100. The van der Waals surface area contributed by atoms with Gasteiger partial charge in [0.2, 0.25) is 0 Å². The van der Waals surface area contributed by atoms with Crippen molar-refractivity contribution in [2.45, 2.75) is 27.7 Å². The van der Waals surface area contributed by atoms with Crippen molar-refractivity contribution in [1.29, 1.82) is 5.26 Å². The zero-order chi connectivity index (χ0) is 36.0. The van der Waals surface area contributed by atoms with Crippen molar-refractivity contribution in [2.75, 3.05) is 0 Å². The van der Waals surface area contributed by atoms with Crippen LogP contribution in [0.25, 0.3) is 55.7 Å². The van der Waals surface area contributed by atoms with Crippen molar-refractivity contribution in [1.82, 2.24) is 19.4 Å². The van der Waals surface area contributed by atoms with Gasteiger partial charge in [-0.2, -0.15) is 5.26 Å². The minimum Gasteiger partial charge on any atom is -0.508 e. The summed E-state index contributed by atoms with van der Waals surface area (Å²) in [6.07, 6.45) is 0. The molecule has 0 bridgehead atoms. The van der Waals surface area contributed by atoms with Gasteiger partial charge >= 0.3 is 5.97 Å². The summed E-state index contributed by atoms with van der Waals surface area (Å²) in [5, 5.41) is 48.6. The molecule has 252 valence electrons. The number of fused-ring (bicyclic) bond motifs is 2. The third-order valence-electron chi connectivity index (χ3n) is 8.83. The molecule has 0 saturated carbocycles. The van der Waals surface area contributed by atoms with Crippen LogP contribution in [0.1, 0.15) is 38.8 Å². The minimum absolute atomic E-state index is 0.141. The highest BCUT2D eigenvalue weighted by Crippen LogP contribution is 2.41. The summed E-state index contributed by atoms with van der Waals surface area (Å²) >= 11 is 0. The van der Waals surface area contributed by atoms with Gasteiger partial charge in [-0.05, 0) is 88.4 Å². The quantitative estimate of drug-likeness (QED) is 0.161. The number of carboxylic acids is 1. The standard InChI is InChI=1S/C20H15N3O2.C20H16N2O4/c1-12-19(13(2)25-22-12)20-17(11-21)16-5-3-4-6-18(16)23(20)14-7-9-15(24)10-8-14;1-11-17(12(2)26-21-11)19-18(20(24)25)15-5-3-4-6-16(15)22(19)13-7-9-14(23)10-8-13/h3-10,24H,1-2H3;3-10,23H,1-2H3,(H,24,25). The summed E-state index contributed by atoms with van der Waals surface area (Å²) in [4.78, 5) is 12.1. The lowest BCUT2D eigenvalue weighted by molar-refractivity contribution is 0.0699. The fourth-order valence-electron chi connectivity index (χ4n) is 6.66. The van der Waals surface area contributed by atoms with Crippen LogP contribution in [0.15, 0.2) is 106 Å². The first-order valence-corrected chi connectivity index (χ1v) is 16.0. The summed E-state index contributed by atoms with van der Waals surface area (Å²) in [6.45, 7) is 7.26. The molecule has 0 unspecified atom stereocenters. The molecule has 0 fully saturated rings. The van der Waals surface area contributed by atoms with Gasteiger partial charge in [-0.1, -0.05) is 46.7 Å². The van der Waals surface area contributed by atoms with Gasteiger partial charge in [0.25, 0.3) is 0 Å². The van der Waals surface area contributed by atoms with Crippen LogP contribution >= 0.6 is 0 Å². The molecule has 0 amide bonds. The monoisotopic (exact) mass is 677 g/mol. The molecule has 0 spiro atoms. The van der Waals surface area contributed by atoms with Crippen molar-refractivity contribution in [3.8, 4) is 51.5 Å². The number of phenolic OH excluding ortho intramolecular Hbond substituents is 2. The lowest BCUT2D eigenvalue weighted by Crippen LogP contribution is -2.03. The summed E-state index contributed by atoms with van der Waals surface area (Å²) < 4.78 is 14.5. The second-order valence-electron chi connectivity index (χ2n) is 12.0. The fourth-order valence-corrected chi connectivity index (χ4v) is 6.66. The highest BCUT2D eigenvalue weighted by atomic mass is 16.5. The van der Waals surface area contributed by atoms with Crippen LogP contribution in [0.5, 0.6) is 11.5 Å². The van der Waals surface area contributed by atoms with E-state index in [4.69, 9.17) is 9.05 Å². The first-order chi connectivity index (χ1) is 24.6. The smallest absolute Gasteiger partial charge is 0.338 e. The largest absolute Gasteiger partial charge is 0.508 e. The van der Waals surface area contributed by atoms with Gasteiger partial charge in [-0.25, -0.2) is 4.79 Å². The van der Waals surface area contributed by atoms with E-state index in [-0.39, 0.29) is 17.1 Å². The molecule has 0 aliphatic rings. The topological polar surface area (TPSA) is 163 Å². The van der Waals surface area contributed by atoms with Crippen LogP contribution in [-0.2, 0) is 0 Å². The number of hydrogen-bond donors (Lipinski definition) is 3. The molecule has 51 heavy (non-hydrogen) atoms. The Balaban J connectivity index is 0.000000159. The second-order valence-corrected chi connectivity index (χ2v) is 12.0. The van der Waals surface area contributed by atoms with E-state index in [0.29, 0.717) is 39.4 Å². The maximum Gasteiger partial charge on any atom is 0.338 e. The molecular formula is C40H31N5O6. The number of rotatable bonds is 5. The van der Waals surface area contributed by atoms with E-state index in [0.717, 1.165) is 44.7 Å². The number of nitrogens with zero attached hydrogens (tertiary/aromatic N) is 5. The molecule has 4 aromatic heterocycles. The molecule has 8 aromatic rings. The molecule has 4 heterocycles. The van der Waals surface area contributed by atoms with Gasteiger partial charge < -0.3 is 33.5 Å². The first kappa shape index (κ1) is 32.5. The number of phenols is 2. The number of aromatic nitrogens is 4. The van der Waals surface area contributed by atoms with Crippen LogP contribution in [0.3, 0.4) is 0 Å².